The van der Waals surface area contributed by atoms with E-state index in [1.165, 1.54) is 23.5 Å². The lowest BCUT2D eigenvalue weighted by Crippen LogP contribution is -2.43. The highest BCUT2D eigenvalue weighted by Gasteiger charge is 2.38. The molecular weight excluding hydrogens is 508 g/mol. The lowest BCUT2D eigenvalue weighted by Gasteiger charge is -2.36. The summed E-state index contributed by atoms with van der Waals surface area (Å²) in [6.07, 6.45) is 3.20. The van der Waals surface area contributed by atoms with Gasteiger partial charge < -0.3 is 18.9 Å². The maximum absolute atomic E-state index is 11.9. The van der Waals surface area contributed by atoms with Crippen LogP contribution in [0.4, 0.5) is 5.69 Å². The number of benzene rings is 2. The summed E-state index contributed by atoms with van der Waals surface area (Å²) < 4.78 is 23.0. The normalized spacial score (nSPS) is 18.9. The minimum Gasteiger partial charge on any atom is -0.486 e. The first-order valence-corrected chi connectivity index (χ1v) is 12.9. The average molecular weight is 537 g/mol. The molecule has 4 rings (SSSR count). The van der Waals surface area contributed by atoms with Crippen LogP contribution in [0.25, 0.3) is 16.8 Å². The van der Waals surface area contributed by atoms with E-state index in [0.29, 0.717) is 11.5 Å². The number of thiazole rings is 1. The summed E-state index contributed by atoms with van der Waals surface area (Å²) in [4.78, 5) is 27.1. The first-order valence-electron chi connectivity index (χ1n) is 12.0. The maximum atomic E-state index is 11.9. The number of carbonyl (C=O) groups is 1. The molecule has 198 valence electrons. The quantitative estimate of drug-likeness (QED) is 0.178. The van der Waals surface area contributed by atoms with Crippen molar-refractivity contribution in [1.29, 1.82) is 0 Å². The number of aromatic nitrogens is 1. The molecule has 0 saturated heterocycles. The Labute approximate surface area is 224 Å². The topological polar surface area (TPSA) is 110 Å². The van der Waals surface area contributed by atoms with Crippen molar-refractivity contribution in [2.75, 3.05) is 20.3 Å². The van der Waals surface area contributed by atoms with Crippen LogP contribution in [0.3, 0.4) is 0 Å². The molecule has 3 aromatic rings. The summed E-state index contributed by atoms with van der Waals surface area (Å²) in [5.41, 5.74) is 2.37. The number of esters is 1. The summed E-state index contributed by atoms with van der Waals surface area (Å²) in [6, 6.07) is 16.0. The monoisotopic (exact) mass is 536 g/mol. The zero-order chi connectivity index (χ0) is 27.1. The number of hydrogen-bond donors (Lipinski definition) is 0. The molecule has 38 heavy (non-hydrogen) atoms. The van der Waals surface area contributed by atoms with Gasteiger partial charge in [-0.15, -0.1) is 11.3 Å². The minimum atomic E-state index is -0.896. The van der Waals surface area contributed by atoms with Gasteiger partial charge in [-0.05, 0) is 43.7 Å². The van der Waals surface area contributed by atoms with Gasteiger partial charge in [-0.3, -0.25) is 10.1 Å². The number of nitro benzene ring substituents is 1. The van der Waals surface area contributed by atoms with Crippen molar-refractivity contribution in [1.82, 2.24) is 4.98 Å². The zero-order valence-electron chi connectivity index (χ0n) is 21.3. The van der Waals surface area contributed by atoms with Gasteiger partial charge in [0.1, 0.15) is 35.7 Å². The third kappa shape index (κ3) is 6.34. The van der Waals surface area contributed by atoms with Crippen molar-refractivity contribution in [2.24, 2.45) is 0 Å². The first kappa shape index (κ1) is 27.2. The smallest absolute Gasteiger partial charge is 0.332 e. The summed E-state index contributed by atoms with van der Waals surface area (Å²) >= 11 is 1.44. The second-order valence-corrected chi connectivity index (χ2v) is 9.54. The molecular formula is C28H28N2O7S. The Morgan fingerprint density at radius 1 is 1.13 bits per heavy atom. The predicted molar refractivity (Wildman–Crippen MR) is 143 cm³/mol. The maximum Gasteiger partial charge on any atom is 0.332 e. The van der Waals surface area contributed by atoms with Crippen molar-refractivity contribution in [3.63, 3.8) is 0 Å². The summed E-state index contributed by atoms with van der Waals surface area (Å²) in [5.74, 6) is 0.155. The van der Waals surface area contributed by atoms with Crippen LogP contribution in [0.15, 0.2) is 77.9 Å². The summed E-state index contributed by atoms with van der Waals surface area (Å²) in [6.45, 7) is 3.89. The Kier molecular flexibility index (Phi) is 8.67. The van der Waals surface area contributed by atoms with E-state index in [0.717, 1.165) is 21.7 Å². The Morgan fingerprint density at radius 2 is 1.87 bits per heavy atom. The third-order valence-corrected chi connectivity index (χ3v) is 6.88. The molecule has 0 N–H and O–H groups in total. The standard InChI is InChI=1S/C28H28N2O7S/c1-4-35-27(31)17-37-25-14-22(19-8-6-5-7-9-19)24(15-28(25,2)34-3)36-16-26-29-23(18-38-26)20-10-12-21(13-11-20)30(32)33/h5-15,18,25H,4,16-17H2,1-3H3. The lowest BCUT2D eigenvalue weighted by atomic mass is 9.86. The molecule has 0 amide bonds. The van der Waals surface area contributed by atoms with Crippen LogP contribution in [0.5, 0.6) is 0 Å². The molecule has 0 saturated carbocycles. The number of nitrogens with zero attached hydrogens (tertiary/aromatic N) is 2. The van der Waals surface area contributed by atoms with Gasteiger partial charge in [0.25, 0.3) is 5.69 Å². The predicted octanol–water partition coefficient (Wildman–Crippen LogP) is 5.57. The molecule has 9 nitrogen and oxygen atoms in total. The molecule has 10 heteroatoms. The number of methoxy groups -OCH3 is 1. The highest BCUT2D eigenvalue weighted by atomic mass is 32.1. The Bertz CT molecular complexity index is 1330. The Morgan fingerprint density at radius 3 is 2.53 bits per heavy atom. The zero-order valence-corrected chi connectivity index (χ0v) is 22.1. The van der Waals surface area contributed by atoms with Crippen LogP contribution in [0, 0.1) is 10.1 Å². The van der Waals surface area contributed by atoms with Gasteiger partial charge in [0, 0.05) is 35.8 Å². The summed E-state index contributed by atoms with van der Waals surface area (Å²) in [7, 11) is 1.58. The van der Waals surface area contributed by atoms with Gasteiger partial charge in [-0.25, -0.2) is 9.78 Å². The van der Waals surface area contributed by atoms with Crippen LogP contribution in [0.2, 0.25) is 0 Å². The van der Waals surface area contributed by atoms with Crippen LogP contribution in [-0.2, 0) is 30.3 Å². The fourth-order valence-electron chi connectivity index (χ4n) is 3.95. The van der Waals surface area contributed by atoms with Crippen molar-refractivity contribution in [3.8, 4) is 11.3 Å². The second kappa shape index (κ2) is 12.1. The minimum absolute atomic E-state index is 0.0303. The van der Waals surface area contributed by atoms with Gasteiger partial charge in [-0.2, -0.15) is 0 Å². The molecule has 2 unspecified atom stereocenters. The number of hydrogen-bond acceptors (Lipinski definition) is 9. The van der Waals surface area contributed by atoms with Gasteiger partial charge in [0.05, 0.1) is 17.2 Å². The molecule has 0 aliphatic heterocycles. The number of non-ortho nitro benzene ring substituents is 1. The molecule has 0 bridgehead atoms. The van der Waals surface area contributed by atoms with Crippen molar-refractivity contribution in [3.05, 3.63) is 98.6 Å². The molecule has 1 aliphatic rings. The number of allylic oxidation sites excluding steroid dienone is 1. The largest absolute Gasteiger partial charge is 0.486 e. The van der Waals surface area contributed by atoms with Gasteiger partial charge in [0.15, 0.2) is 0 Å². The number of nitro groups is 1. The fraction of sp³-hybridized carbons (Fsp3) is 0.286. The van der Waals surface area contributed by atoms with Crippen LogP contribution in [-0.4, -0.2) is 47.9 Å². The van der Waals surface area contributed by atoms with E-state index >= 15 is 0 Å². The van der Waals surface area contributed by atoms with E-state index in [1.807, 2.05) is 54.8 Å². The van der Waals surface area contributed by atoms with E-state index in [9.17, 15) is 14.9 Å². The number of ether oxygens (including phenoxy) is 4. The SMILES string of the molecule is CCOC(=O)COC1C=C(c2ccccc2)C(OCc2nc(-c3ccc([N+](=O)[O-])cc3)cs2)=CC1(C)OC. The third-order valence-electron chi connectivity index (χ3n) is 6.05. The Balaban J connectivity index is 1.55. The van der Waals surface area contributed by atoms with Crippen LogP contribution >= 0.6 is 11.3 Å². The van der Waals surface area contributed by atoms with Crippen molar-refractivity contribution < 1.29 is 28.7 Å². The molecule has 2 aromatic carbocycles. The molecule has 2 atom stereocenters. The summed E-state index contributed by atoms with van der Waals surface area (Å²) in [5, 5.41) is 13.6. The van der Waals surface area contributed by atoms with E-state index in [4.69, 9.17) is 18.9 Å². The first-order chi connectivity index (χ1) is 18.3. The van der Waals surface area contributed by atoms with E-state index in [1.54, 1.807) is 26.2 Å². The van der Waals surface area contributed by atoms with Gasteiger partial charge >= 0.3 is 5.97 Å². The van der Waals surface area contributed by atoms with Gasteiger partial charge in [0.2, 0.25) is 0 Å². The molecule has 1 aliphatic carbocycles. The highest BCUT2D eigenvalue weighted by Crippen LogP contribution is 2.37. The number of carbonyl (C=O) groups excluding carboxylic acids is 1. The Hall–Kier alpha value is -3.86. The molecule has 0 radical (unpaired) electrons. The van der Waals surface area contributed by atoms with E-state index in [2.05, 4.69) is 4.98 Å². The van der Waals surface area contributed by atoms with E-state index < -0.39 is 22.6 Å². The number of rotatable bonds is 11. The highest BCUT2D eigenvalue weighted by molar-refractivity contribution is 7.09. The van der Waals surface area contributed by atoms with Crippen molar-refractivity contribution >= 4 is 28.6 Å². The average Bonchev–Trinajstić information content (AvgIpc) is 3.41. The molecule has 0 spiro atoms. The van der Waals surface area contributed by atoms with Gasteiger partial charge in [-0.1, -0.05) is 30.3 Å². The molecule has 0 fully saturated rings. The second-order valence-electron chi connectivity index (χ2n) is 8.60. The van der Waals surface area contributed by atoms with Crippen LogP contribution in [0.1, 0.15) is 24.4 Å². The fourth-order valence-corrected chi connectivity index (χ4v) is 4.66. The van der Waals surface area contributed by atoms with Crippen molar-refractivity contribution in [2.45, 2.75) is 32.2 Å². The van der Waals surface area contributed by atoms with Crippen LogP contribution < -0.4 is 0 Å². The molecule has 1 heterocycles. The lowest BCUT2D eigenvalue weighted by molar-refractivity contribution is -0.384. The van der Waals surface area contributed by atoms with E-state index in [-0.39, 0.29) is 25.5 Å². The molecule has 1 aromatic heterocycles.